The number of pyridine rings is 1. The van der Waals surface area contributed by atoms with E-state index in [0.29, 0.717) is 22.4 Å². The van der Waals surface area contributed by atoms with E-state index in [1.165, 1.54) is 14.2 Å². The number of nitrogens with zero attached hydrogens (tertiary/aromatic N) is 1. The number of esters is 2. The number of ether oxygens (including phenoxy) is 3. The molecule has 0 unspecified atom stereocenters. The number of aryl methyl sites for hydroxylation is 1. The van der Waals surface area contributed by atoms with Crippen molar-refractivity contribution < 1.29 is 23.8 Å². The average Bonchev–Trinajstić information content (AvgIpc) is 2.66. The lowest BCUT2D eigenvalue weighted by molar-refractivity contribution is -0.164. The van der Waals surface area contributed by atoms with Gasteiger partial charge in [-0.15, -0.1) is 0 Å². The lowest BCUT2D eigenvalue weighted by Gasteiger charge is -2.29. The molecule has 0 aliphatic rings. The van der Waals surface area contributed by atoms with Gasteiger partial charge in [0.2, 0.25) is 0 Å². The van der Waals surface area contributed by atoms with Crippen LogP contribution in [-0.4, -0.2) is 36.7 Å². The number of carbonyl (C=O) groups is 2. The van der Waals surface area contributed by atoms with E-state index >= 15 is 0 Å². The van der Waals surface area contributed by atoms with E-state index in [9.17, 15) is 9.59 Å². The molecule has 0 amide bonds. The Hall–Kier alpha value is -2.25. The van der Waals surface area contributed by atoms with Gasteiger partial charge >= 0.3 is 11.9 Å². The number of hydrogen-bond acceptors (Lipinski definition) is 6. The molecule has 0 saturated carbocycles. The highest BCUT2D eigenvalue weighted by Gasteiger charge is 2.34. The Morgan fingerprint density at radius 3 is 2.10 bits per heavy atom. The van der Waals surface area contributed by atoms with E-state index in [-0.39, 0.29) is 5.69 Å². The van der Waals surface area contributed by atoms with Gasteiger partial charge in [-0.3, -0.25) is 0 Å². The molecular formula is C22H26BrNO5. The van der Waals surface area contributed by atoms with Gasteiger partial charge in [0.25, 0.3) is 0 Å². The minimum atomic E-state index is -1.00. The molecule has 156 valence electrons. The topological polar surface area (TPSA) is 74.7 Å². The summed E-state index contributed by atoms with van der Waals surface area (Å²) in [5.41, 5.74) is 2.77. The smallest absolute Gasteiger partial charge is 0.356 e. The number of aromatic nitrogens is 1. The van der Waals surface area contributed by atoms with Gasteiger partial charge in [0.1, 0.15) is 0 Å². The van der Waals surface area contributed by atoms with Gasteiger partial charge in [0, 0.05) is 15.7 Å². The Morgan fingerprint density at radius 1 is 1.03 bits per heavy atom. The molecule has 29 heavy (non-hydrogen) atoms. The minimum Gasteiger partial charge on any atom is -0.467 e. The first kappa shape index (κ1) is 23.0. The van der Waals surface area contributed by atoms with Gasteiger partial charge < -0.3 is 14.2 Å². The Labute approximate surface area is 179 Å². The minimum absolute atomic E-state index is 0.200. The molecule has 0 N–H and O–H groups in total. The molecular weight excluding hydrogens is 438 g/mol. The van der Waals surface area contributed by atoms with Crippen molar-refractivity contribution in [3.8, 4) is 11.1 Å². The summed E-state index contributed by atoms with van der Waals surface area (Å²) in [5.74, 6) is -1.07. The maximum absolute atomic E-state index is 12.7. The van der Waals surface area contributed by atoms with Gasteiger partial charge in [0.05, 0.1) is 19.8 Å². The van der Waals surface area contributed by atoms with Crippen LogP contribution in [0.2, 0.25) is 0 Å². The van der Waals surface area contributed by atoms with Crippen molar-refractivity contribution in [1.29, 1.82) is 0 Å². The summed E-state index contributed by atoms with van der Waals surface area (Å²) >= 11 is 3.44. The van der Waals surface area contributed by atoms with Gasteiger partial charge in [-0.1, -0.05) is 28.1 Å². The van der Waals surface area contributed by atoms with E-state index < -0.39 is 23.6 Å². The number of halogens is 1. The van der Waals surface area contributed by atoms with Crippen molar-refractivity contribution in [3.63, 3.8) is 0 Å². The molecule has 0 fully saturated rings. The number of rotatable bonds is 5. The van der Waals surface area contributed by atoms with Crippen molar-refractivity contribution >= 4 is 27.9 Å². The summed E-state index contributed by atoms with van der Waals surface area (Å²) < 4.78 is 16.9. The highest BCUT2D eigenvalue weighted by Crippen LogP contribution is 2.38. The second kappa shape index (κ2) is 9.05. The Morgan fingerprint density at radius 2 is 1.62 bits per heavy atom. The summed E-state index contributed by atoms with van der Waals surface area (Å²) in [6.45, 7) is 9.11. The normalized spacial score (nSPS) is 12.4. The van der Waals surface area contributed by atoms with Gasteiger partial charge in [0.15, 0.2) is 11.8 Å². The lowest BCUT2D eigenvalue weighted by atomic mass is 9.90. The molecule has 7 heteroatoms. The SMILES string of the molecule is COC(=O)c1nc(C)c([C@H](OC(C)(C)C)C(=O)OC)c(-c2ccc(Br)cc2)c1C. The van der Waals surface area contributed by atoms with E-state index in [1.54, 1.807) is 13.8 Å². The first-order valence-corrected chi connectivity index (χ1v) is 9.90. The molecule has 2 rings (SSSR count). The fraction of sp³-hybridized carbons (Fsp3) is 0.409. The summed E-state index contributed by atoms with van der Waals surface area (Å²) in [6, 6.07) is 7.59. The van der Waals surface area contributed by atoms with Crippen LogP contribution in [0.3, 0.4) is 0 Å². The summed E-state index contributed by atoms with van der Waals surface area (Å²) in [5, 5.41) is 0. The molecule has 0 aliphatic carbocycles. The summed E-state index contributed by atoms with van der Waals surface area (Å²) in [6.07, 6.45) is -1.00. The first-order chi connectivity index (χ1) is 13.5. The summed E-state index contributed by atoms with van der Waals surface area (Å²) in [7, 11) is 2.63. The molecule has 0 spiro atoms. The first-order valence-electron chi connectivity index (χ1n) is 9.11. The van der Waals surface area contributed by atoms with E-state index in [4.69, 9.17) is 14.2 Å². The molecule has 0 saturated heterocycles. The van der Waals surface area contributed by atoms with Crippen molar-refractivity contribution in [3.05, 3.63) is 51.3 Å². The molecule has 1 atom stereocenters. The fourth-order valence-electron chi connectivity index (χ4n) is 3.10. The number of benzene rings is 1. The van der Waals surface area contributed by atoms with Crippen LogP contribution >= 0.6 is 15.9 Å². The fourth-order valence-corrected chi connectivity index (χ4v) is 3.37. The molecule has 1 aromatic carbocycles. The van der Waals surface area contributed by atoms with Crippen LogP contribution in [0.4, 0.5) is 0 Å². The molecule has 2 aromatic rings. The molecule has 6 nitrogen and oxygen atoms in total. The predicted octanol–water partition coefficient (Wildman–Crippen LogP) is 4.94. The largest absolute Gasteiger partial charge is 0.467 e. The van der Waals surface area contributed by atoms with Crippen LogP contribution < -0.4 is 0 Å². The van der Waals surface area contributed by atoms with Crippen LogP contribution in [0.1, 0.15) is 54.2 Å². The second-order valence-electron chi connectivity index (χ2n) is 7.59. The third-order valence-electron chi connectivity index (χ3n) is 4.33. The number of hydrogen-bond donors (Lipinski definition) is 0. The van der Waals surface area contributed by atoms with Crippen molar-refractivity contribution in [1.82, 2.24) is 4.98 Å². The maximum Gasteiger partial charge on any atom is 0.356 e. The highest BCUT2D eigenvalue weighted by atomic mass is 79.9. The Bertz CT molecular complexity index is 916. The van der Waals surface area contributed by atoms with Crippen molar-refractivity contribution in [2.45, 2.75) is 46.3 Å². The van der Waals surface area contributed by atoms with E-state index in [2.05, 4.69) is 20.9 Å². The van der Waals surface area contributed by atoms with Gasteiger partial charge in [-0.25, -0.2) is 14.6 Å². The standard InChI is InChI=1S/C22H26BrNO5/c1-12-16(14-8-10-15(23)11-9-14)17(13(2)24-18(12)20(25)27-6)19(21(26)28-7)29-22(3,4)5/h8-11,19H,1-7H3/t19-/m0/s1. The van der Waals surface area contributed by atoms with Crippen LogP contribution in [0.25, 0.3) is 11.1 Å². The molecule has 0 bridgehead atoms. The zero-order valence-electron chi connectivity index (χ0n) is 17.8. The zero-order chi connectivity index (χ0) is 21.9. The number of methoxy groups -OCH3 is 2. The maximum atomic E-state index is 12.7. The molecule has 1 aromatic heterocycles. The Balaban J connectivity index is 2.88. The quantitative estimate of drug-likeness (QED) is 0.584. The Kier molecular flexibility index (Phi) is 7.19. The second-order valence-corrected chi connectivity index (χ2v) is 8.51. The predicted molar refractivity (Wildman–Crippen MR) is 114 cm³/mol. The van der Waals surface area contributed by atoms with Crippen LogP contribution in [0.15, 0.2) is 28.7 Å². The van der Waals surface area contributed by atoms with E-state index in [0.717, 1.165) is 10.0 Å². The summed E-state index contributed by atoms with van der Waals surface area (Å²) in [4.78, 5) is 29.4. The van der Waals surface area contributed by atoms with Gasteiger partial charge in [-0.05, 0) is 63.4 Å². The molecule has 1 heterocycles. The van der Waals surface area contributed by atoms with Crippen LogP contribution in [-0.2, 0) is 19.0 Å². The molecule has 0 aliphatic heterocycles. The average molecular weight is 464 g/mol. The van der Waals surface area contributed by atoms with Crippen LogP contribution in [0.5, 0.6) is 0 Å². The van der Waals surface area contributed by atoms with Gasteiger partial charge in [-0.2, -0.15) is 0 Å². The highest BCUT2D eigenvalue weighted by molar-refractivity contribution is 9.10. The van der Waals surface area contributed by atoms with Crippen LogP contribution in [0, 0.1) is 13.8 Å². The molecule has 0 radical (unpaired) electrons. The third-order valence-corrected chi connectivity index (χ3v) is 4.86. The lowest BCUT2D eigenvalue weighted by Crippen LogP contribution is -2.30. The number of carbonyl (C=O) groups excluding carboxylic acids is 2. The zero-order valence-corrected chi connectivity index (χ0v) is 19.3. The van der Waals surface area contributed by atoms with Crippen molar-refractivity contribution in [2.24, 2.45) is 0 Å². The van der Waals surface area contributed by atoms with Crippen molar-refractivity contribution in [2.75, 3.05) is 14.2 Å². The third kappa shape index (κ3) is 5.22. The monoisotopic (exact) mass is 463 g/mol. The van der Waals surface area contributed by atoms with E-state index in [1.807, 2.05) is 45.0 Å².